The van der Waals surface area contributed by atoms with Gasteiger partial charge in [-0.25, -0.2) is 0 Å². The minimum absolute atomic E-state index is 0.105. The van der Waals surface area contributed by atoms with Gasteiger partial charge in [-0.3, -0.25) is 10.1 Å². The van der Waals surface area contributed by atoms with Crippen molar-refractivity contribution >= 4 is 5.97 Å². The first kappa shape index (κ1) is 46.3. The zero-order chi connectivity index (χ0) is 45.0. The highest BCUT2D eigenvalue weighted by Gasteiger charge is 2.65. The van der Waals surface area contributed by atoms with Crippen LogP contribution < -0.4 is 5.32 Å². The van der Waals surface area contributed by atoms with E-state index in [-0.39, 0.29) is 36.8 Å². The molecule has 354 valence electrons. The molecule has 8 fully saturated rings. The summed E-state index contributed by atoms with van der Waals surface area (Å²) in [5.41, 5.74) is 1.21. The van der Waals surface area contributed by atoms with Gasteiger partial charge in [-0.2, -0.15) is 0 Å². The Morgan fingerprint density at radius 2 is 1.67 bits per heavy atom. The number of piperidine rings is 1. The summed E-state index contributed by atoms with van der Waals surface area (Å²) in [7, 11) is 0. The Bertz CT molecular complexity index is 1810. The maximum atomic E-state index is 12.5. The number of rotatable bonds is 9. The van der Waals surface area contributed by atoms with Crippen molar-refractivity contribution in [3.8, 4) is 0 Å². The molecule has 8 saturated heterocycles. The Morgan fingerprint density at radius 1 is 0.905 bits per heavy atom. The van der Waals surface area contributed by atoms with Crippen LogP contribution in [0, 0.1) is 35.5 Å². The van der Waals surface area contributed by atoms with Crippen molar-refractivity contribution in [2.24, 2.45) is 35.5 Å². The van der Waals surface area contributed by atoms with E-state index in [1.807, 2.05) is 19.9 Å². The van der Waals surface area contributed by atoms with Gasteiger partial charge in [0.2, 0.25) is 0 Å². The average molecular weight is 888 g/mol. The number of aliphatic hydroxyl groups is 4. The predicted molar refractivity (Wildman–Crippen MR) is 226 cm³/mol. The molecule has 9 aliphatic rings. The lowest BCUT2D eigenvalue weighted by atomic mass is 9.74. The number of carboxylic acid groups (broad SMARTS) is 1. The molecule has 0 saturated carbocycles. The minimum atomic E-state index is -2.18. The van der Waals surface area contributed by atoms with E-state index in [1.165, 1.54) is 6.08 Å². The van der Waals surface area contributed by atoms with E-state index in [1.54, 1.807) is 13.0 Å². The van der Waals surface area contributed by atoms with E-state index in [9.17, 15) is 25.2 Å². The van der Waals surface area contributed by atoms with Gasteiger partial charge in [0.05, 0.1) is 61.4 Å². The summed E-state index contributed by atoms with van der Waals surface area (Å²) in [5, 5.41) is 59.3. The van der Waals surface area contributed by atoms with E-state index in [2.05, 4.69) is 39.6 Å². The lowest BCUT2D eigenvalue weighted by Crippen LogP contribution is -2.65. The second kappa shape index (κ2) is 16.7. The Balaban J connectivity index is 0.864. The maximum Gasteiger partial charge on any atom is 0.306 e. The predicted octanol–water partition coefficient (Wildman–Crippen LogP) is 4.59. The van der Waals surface area contributed by atoms with Crippen molar-refractivity contribution in [1.29, 1.82) is 0 Å². The van der Waals surface area contributed by atoms with Crippen molar-refractivity contribution in [2.75, 3.05) is 6.54 Å². The van der Waals surface area contributed by atoms with Gasteiger partial charge >= 0.3 is 5.97 Å². The van der Waals surface area contributed by atoms with Crippen LogP contribution in [-0.4, -0.2) is 134 Å². The summed E-state index contributed by atoms with van der Waals surface area (Å²) in [6, 6.07) is 0. The Morgan fingerprint density at radius 3 is 2.41 bits per heavy atom. The summed E-state index contributed by atoms with van der Waals surface area (Å²) < 4.78 is 54.0. The number of hydrogen-bond donors (Lipinski definition) is 6. The fourth-order valence-corrected chi connectivity index (χ4v) is 13.2. The van der Waals surface area contributed by atoms with Gasteiger partial charge < -0.3 is 63.4 Å². The molecule has 0 aromatic heterocycles. The number of fused-ring (bicyclic) bond motifs is 5. The molecule has 2 bridgehead atoms. The number of aliphatic carboxylic acids is 1. The van der Waals surface area contributed by atoms with Gasteiger partial charge in [0.15, 0.2) is 23.1 Å². The Kier molecular flexibility index (Phi) is 12.3. The molecule has 15 nitrogen and oxygen atoms in total. The maximum absolute atomic E-state index is 12.5. The molecule has 15 heteroatoms. The molecule has 6 N–H and O–H groups in total. The molecule has 3 spiro atoms. The van der Waals surface area contributed by atoms with Gasteiger partial charge in [-0.15, -0.1) is 0 Å². The van der Waals surface area contributed by atoms with Crippen LogP contribution in [-0.2, 0) is 42.7 Å². The summed E-state index contributed by atoms with van der Waals surface area (Å²) in [6.07, 6.45) is 3.56. The third kappa shape index (κ3) is 8.35. The number of nitrogens with one attached hydrogen (secondary N) is 1. The smallest absolute Gasteiger partial charge is 0.306 e. The SMILES string of the molecule is C=C(C[C@@]12C[C@@H](C)C[C@@H](O1)[C@H]1O[C@]3(C[C@H]1O2)NC[C@H](C)C[C@@H]3C)[C@H]1O[C@@](O)([C@H](O)[C@@H]2C[C@H]3O[C@@]4(CC[C@]5(CC(C)=C[C@@H](/C=C/C(O)CC(=O)O)O5)O4)[C@H](C)C[C@H]3O2)[C@H](C)[C@H](O)[C@@H]1C. The van der Waals surface area contributed by atoms with Gasteiger partial charge in [0, 0.05) is 69.2 Å². The molecule has 9 aliphatic heterocycles. The molecule has 22 atom stereocenters. The molecule has 9 rings (SSSR count). The van der Waals surface area contributed by atoms with Crippen LogP contribution in [0.25, 0.3) is 0 Å². The fourth-order valence-electron chi connectivity index (χ4n) is 13.2. The lowest BCUT2D eigenvalue weighted by Gasteiger charge is -2.54. The van der Waals surface area contributed by atoms with Crippen LogP contribution in [0.2, 0.25) is 0 Å². The van der Waals surface area contributed by atoms with Gasteiger partial charge in [-0.1, -0.05) is 71.9 Å². The van der Waals surface area contributed by atoms with Gasteiger partial charge in [-0.05, 0) is 49.5 Å². The number of hydrogen-bond acceptors (Lipinski definition) is 14. The zero-order valence-corrected chi connectivity index (χ0v) is 38.1. The molecule has 9 heterocycles. The van der Waals surface area contributed by atoms with Crippen molar-refractivity contribution < 1.29 is 68.2 Å². The van der Waals surface area contributed by atoms with Crippen molar-refractivity contribution in [2.45, 2.75) is 215 Å². The number of carboxylic acids is 1. The van der Waals surface area contributed by atoms with Crippen molar-refractivity contribution in [3.05, 3.63) is 36.0 Å². The molecule has 0 aromatic rings. The first-order valence-corrected chi connectivity index (χ1v) is 23.8. The largest absolute Gasteiger partial charge is 0.481 e. The number of ether oxygens (including phenoxy) is 8. The van der Waals surface area contributed by atoms with E-state index in [4.69, 9.17) is 43.0 Å². The highest BCUT2D eigenvalue weighted by Crippen LogP contribution is 2.56. The van der Waals surface area contributed by atoms with E-state index in [0.29, 0.717) is 61.9 Å². The normalized spacial score (nSPS) is 52.8. The number of carbonyl (C=O) groups is 1. The van der Waals surface area contributed by atoms with Crippen LogP contribution in [0.5, 0.6) is 0 Å². The second-order valence-electron chi connectivity index (χ2n) is 21.7. The molecule has 1 unspecified atom stereocenters. The van der Waals surface area contributed by atoms with Crippen LogP contribution in [0.3, 0.4) is 0 Å². The Labute approximate surface area is 371 Å². The summed E-state index contributed by atoms with van der Waals surface area (Å²) in [5.74, 6) is -6.42. The standard InChI is InChI=1S/C48H73NO14/c1-24-14-33(10-9-32(50)17-39(51)52)57-44(19-24)11-12-47(63-44)29(6)16-34-35(60-47)18-37(56-34)43(54)48(55)31(8)40(53)30(7)41(62-48)27(4)21-45-20-25(2)15-36(58-45)42-38(59-45)22-46(61-42)28(5)13-26(3)23-49-46/h9-10,14,25-26,28-38,40-43,49-50,53-55H,4,11-13,15-23H2,1-3,5-8H3,(H,51,52)/b10-9+/t25-,26+,28-,29+,30-,31+,32?,33+,34+,35+,36+,37-,38+,40+,41+,42+,43+,44+,45-,46-,47+,48+/m0/s1. The average Bonchev–Trinajstić information content (AvgIpc) is 3.89. The molecule has 0 aliphatic carbocycles. The van der Waals surface area contributed by atoms with Gasteiger partial charge in [0.1, 0.15) is 17.9 Å². The first-order valence-electron chi connectivity index (χ1n) is 23.8. The van der Waals surface area contributed by atoms with E-state index in [0.717, 1.165) is 31.4 Å². The topological polar surface area (TPSA) is 204 Å². The number of aliphatic hydroxyl groups excluding tert-OH is 3. The minimum Gasteiger partial charge on any atom is -0.481 e. The van der Waals surface area contributed by atoms with Crippen molar-refractivity contribution in [3.63, 3.8) is 0 Å². The first-order chi connectivity index (χ1) is 29.7. The molecule has 0 aromatic carbocycles. The second-order valence-corrected chi connectivity index (χ2v) is 21.7. The monoisotopic (exact) mass is 888 g/mol. The Hall–Kier alpha value is -1.83. The van der Waals surface area contributed by atoms with Gasteiger partial charge in [0.25, 0.3) is 0 Å². The highest BCUT2D eigenvalue weighted by atomic mass is 16.8. The molecular formula is C48H73NO14. The third-order valence-corrected chi connectivity index (χ3v) is 16.5. The molecule has 0 amide bonds. The summed E-state index contributed by atoms with van der Waals surface area (Å²) in [6.45, 7) is 19.8. The fraction of sp³-hybridized carbons (Fsp3) is 0.854. The van der Waals surface area contributed by atoms with Crippen LogP contribution in [0.15, 0.2) is 36.0 Å². The quantitative estimate of drug-likeness (QED) is 0.175. The van der Waals surface area contributed by atoms with Crippen molar-refractivity contribution in [1.82, 2.24) is 5.32 Å². The summed E-state index contributed by atoms with van der Waals surface area (Å²) >= 11 is 0. The van der Waals surface area contributed by atoms with Crippen LogP contribution in [0.1, 0.15) is 119 Å². The zero-order valence-electron chi connectivity index (χ0n) is 38.1. The van der Waals surface area contributed by atoms with Crippen LogP contribution >= 0.6 is 0 Å². The van der Waals surface area contributed by atoms with E-state index >= 15 is 0 Å². The lowest BCUT2D eigenvalue weighted by molar-refractivity contribution is -0.371. The van der Waals surface area contributed by atoms with E-state index < -0.39 is 95.8 Å². The molecule has 63 heavy (non-hydrogen) atoms. The third-order valence-electron chi connectivity index (χ3n) is 16.5. The molecular weight excluding hydrogens is 815 g/mol. The highest BCUT2D eigenvalue weighted by molar-refractivity contribution is 5.67. The van der Waals surface area contributed by atoms with Crippen LogP contribution in [0.4, 0.5) is 0 Å². The summed E-state index contributed by atoms with van der Waals surface area (Å²) in [4.78, 5) is 11.1. The molecule has 0 radical (unpaired) electrons.